The molecule has 0 spiro atoms. The lowest BCUT2D eigenvalue weighted by molar-refractivity contribution is -0.154. The number of carbonyl (C=O) groups is 3. The summed E-state index contributed by atoms with van der Waals surface area (Å²) in [6.45, 7) is 11.7. The fourth-order valence-corrected chi connectivity index (χ4v) is 3.68. The van der Waals surface area contributed by atoms with Crippen LogP contribution in [0, 0.1) is 5.92 Å². The van der Waals surface area contributed by atoms with Crippen molar-refractivity contribution >= 4 is 17.7 Å². The van der Waals surface area contributed by atoms with Crippen LogP contribution in [0.4, 0.5) is 0 Å². The molecular formula is C16H28N4O3. The molecule has 0 aliphatic carbocycles. The molecule has 2 rings (SSSR count). The lowest BCUT2D eigenvalue weighted by Gasteiger charge is -2.43. The molecule has 0 bridgehead atoms. The smallest absolute Gasteiger partial charge is 0.249 e. The molecule has 3 amide bonds. The number of amides is 3. The van der Waals surface area contributed by atoms with Crippen LogP contribution in [-0.4, -0.2) is 58.0 Å². The Hall–Kier alpha value is -1.63. The molecule has 2 aliphatic heterocycles. The molecule has 1 atom stereocenters. The van der Waals surface area contributed by atoms with Crippen LogP contribution in [0.25, 0.3) is 0 Å². The van der Waals surface area contributed by atoms with E-state index < -0.39 is 11.2 Å². The van der Waals surface area contributed by atoms with Crippen molar-refractivity contribution in [2.75, 3.05) is 13.2 Å². The van der Waals surface area contributed by atoms with Crippen molar-refractivity contribution in [1.82, 2.24) is 20.4 Å². The Bertz CT molecular complexity index is 527. The van der Waals surface area contributed by atoms with Crippen molar-refractivity contribution < 1.29 is 14.4 Å². The highest BCUT2D eigenvalue weighted by Gasteiger charge is 2.54. The Balaban J connectivity index is 2.24. The number of hydrogen-bond donors (Lipinski definition) is 2. The minimum atomic E-state index is -1.02. The Morgan fingerprint density at radius 1 is 1.35 bits per heavy atom. The summed E-state index contributed by atoms with van der Waals surface area (Å²) in [5.74, 6) is -0.0619. The highest BCUT2D eigenvalue weighted by Crippen LogP contribution is 2.33. The predicted molar refractivity (Wildman–Crippen MR) is 86.1 cm³/mol. The van der Waals surface area contributed by atoms with E-state index in [-0.39, 0.29) is 37.0 Å². The maximum Gasteiger partial charge on any atom is 0.249 e. The summed E-state index contributed by atoms with van der Waals surface area (Å²) in [4.78, 5) is 40.2. The first-order valence-electron chi connectivity index (χ1n) is 8.14. The van der Waals surface area contributed by atoms with Gasteiger partial charge in [-0.2, -0.15) is 0 Å². The summed E-state index contributed by atoms with van der Waals surface area (Å²) < 4.78 is 0. The average Bonchev–Trinajstić information content (AvgIpc) is 2.90. The van der Waals surface area contributed by atoms with Gasteiger partial charge in [-0.1, -0.05) is 13.8 Å². The molecule has 0 saturated carbocycles. The summed E-state index contributed by atoms with van der Waals surface area (Å²) in [5, 5.41) is 5.97. The third-order valence-corrected chi connectivity index (χ3v) is 4.48. The van der Waals surface area contributed by atoms with Gasteiger partial charge >= 0.3 is 0 Å². The second kappa shape index (κ2) is 5.78. The van der Waals surface area contributed by atoms with E-state index in [2.05, 4.69) is 24.5 Å². The van der Waals surface area contributed by atoms with Crippen molar-refractivity contribution in [2.24, 2.45) is 5.92 Å². The first-order chi connectivity index (χ1) is 10.5. The fourth-order valence-electron chi connectivity index (χ4n) is 3.68. The molecule has 7 nitrogen and oxygen atoms in total. The Morgan fingerprint density at radius 2 is 1.96 bits per heavy atom. The van der Waals surface area contributed by atoms with E-state index in [1.165, 1.54) is 4.90 Å². The maximum absolute atomic E-state index is 12.9. The van der Waals surface area contributed by atoms with Crippen LogP contribution in [0.2, 0.25) is 0 Å². The quantitative estimate of drug-likeness (QED) is 0.777. The van der Waals surface area contributed by atoms with Crippen LogP contribution < -0.4 is 10.6 Å². The van der Waals surface area contributed by atoms with Crippen LogP contribution in [0.1, 0.15) is 48.0 Å². The summed E-state index contributed by atoms with van der Waals surface area (Å²) in [7, 11) is 0. The second-order valence-corrected chi connectivity index (χ2v) is 7.88. The molecule has 7 heteroatoms. The highest BCUT2D eigenvalue weighted by atomic mass is 16.2. The zero-order valence-electron chi connectivity index (χ0n) is 14.9. The van der Waals surface area contributed by atoms with Crippen molar-refractivity contribution in [1.29, 1.82) is 0 Å². The van der Waals surface area contributed by atoms with Crippen molar-refractivity contribution in [3.8, 4) is 0 Å². The van der Waals surface area contributed by atoms with Gasteiger partial charge in [0, 0.05) is 0 Å². The van der Waals surface area contributed by atoms with E-state index in [1.54, 1.807) is 18.7 Å². The van der Waals surface area contributed by atoms with Gasteiger partial charge in [0.2, 0.25) is 17.7 Å². The maximum atomic E-state index is 12.9. The normalized spacial score (nSPS) is 24.6. The van der Waals surface area contributed by atoms with Gasteiger partial charge in [0.1, 0.15) is 12.1 Å². The van der Waals surface area contributed by atoms with Gasteiger partial charge in [-0.05, 0) is 40.0 Å². The molecule has 2 fully saturated rings. The van der Waals surface area contributed by atoms with Gasteiger partial charge in [0.05, 0.1) is 18.4 Å². The first-order valence-corrected chi connectivity index (χ1v) is 8.14. The fraction of sp³-hybridized carbons (Fsp3) is 0.812. The Labute approximate surface area is 137 Å². The van der Waals surface area contributed by atoms with E-state index in [1.807, 2.05) is 13.8 Å². The third-order valence-electron chi connectivity index (χ3n) is 4.48. The van der Waals surface area contributed by atoms with Crippen molar-refractivity contribution in [2.45, 2.75) is 65.2 Å². The molecule has 0 radical (unpaired) electrons. The van der Waals surface area contributed by atoms with Crippen LogP contribution >= 0.6 is 0 Å². The van der Waals surface area contributed by atoms with E-state index >= 15 is 0 Å². The number of nitrogens with one attached hydrogen (secondary N) is 2. The standard InChI is InChI=1S/C16H28N4O3/c1-10(2)7-11-13(22)20(16(5,6)18-11)15(3,4)14(23)19-8-12(21)17-9-19/h10-11,18H,7-9H2,1-6H3,(H,17,21). The molecule has 23 heavy (non-hydrogen) atoms. The SMILES string of the molecule is CC(C)CC1NC(C)(C)N(C(C)(C)C(=O)N2CNC(=O)C2)C1=O. The molecule has 0 aromatic heterocycles. The van der Waals surface area contributed by atoms with Gasteiger partial charge in [-0.25, -0.2) is 0 Å². The summed E-state index contributed by atoms with van der Waals surface area (Å²) in [6.07, 6.45) is 0.729. The van der Waals surface area contributed by atoms with Crippen LogP contribution in [0.5, 0.6) is 0 Å². The molecule has 0 aromatic rings. The van der Waals surface area contributed by atoms with Gasteiger partial charge in [-0.3, -0.25) is 19.7 Å². The first kappa shape index (κ1) is 17.7. The van der Waals surface area contributed by atoms with Gasteiger partial charge in [-0.15, -0.1) is 0 Å². The molecule has 0 aromatic carbocycles. The molecule has 2 heterocycles. The largest absolute Gasteiger partial charge is 0.337 e. The van der Waals surface area contributed by atoms with Crippen LogP contribution in [-0.2, 0) is 14.4 Å². The average molecular weight is 324 g/mol. The number of rotatable bonds is 4. The molecule has 130 valence electrons. The van der Waals surface area contributed by atoms with E-state index in [9.17, 15) is 14.4 Å². The highest BCUT2D eigenvalue weighted by molar-refractivity contribution is 5.96. The molecule has 2 aliphatic rings. The molecule has 2 N–H and O–H groups in total. The molecule has 2 saturated heterocycles. The number of carbonyl (C=O) groups excluding carboxylic acids is 3. The van der Waals surface area contributed by atoms with E-state index in [0.717, 1.165) is 6.42 Å². The zero-order chi connectivity index (χ0) is 17.6. The Kier molecular flexibility index (Phi) is 4.45. The summed E-state index contributed by atoms with van der Waals surface area (Å²) in [6, 6.07) is -0.282. The predicted octanol–water partition coefficient (Wildman–Crippen LogP) is 0.264. The number of hydrogen-bond acceptors (Lipinski definition) is 4. The van der Waals surface area contributed by atoms with Crippen LogP contribution in [0.15, 0.2) is 0 Å². The lowest BCUT2D eigenvalue weighted by Crippen LogP contribution is -2.63. The van der Waals surface area contributed by atoms with Gasteiger partial charge in [0.15, 0.2) is 0 Å². The topological polar surface area (TPSA) is 81.8 Å². The van der Waals surface area contributed by atoms with E-state index in [0.29, 0.717) is 5.92 Å². The minimum Gasteiger partial charge on any atom is -0.337 e. The lowest BCUT2D eigenvalue weighted by atomic mass is 9.96. The molecule has 1 unspecified atom stereocenters. The van der Waals surface area contributed by atoms with Crippen molar-refractivity contribution in [3.63, 3.8) is 0 Å². The third kappa shape index (κ3) is 3.20. The minimum absolute atomic E-state index is 0.0492. The van der Waals surface area contributed by atoms with Crippen molar-refractivity contribution in [3.05, 3.63) is 0 Å². The Morgan fingerprint density at radius 3 is 2.43 bits per heavy atom. The van der Waals surface area contributed by atoms with Gasteiger partial charge in [0.25, 0.3) is 0 Å². The second-order valence-electron chi connectivity index (χ2n) is 7.88. The summed E-state index contributed by atoms with van der Waals surface area (Å²) >= 11 is 0. The summed E-state index contributed by atoms with van der Waals surface area (Å²) in [5.41, 5.74) is -1.64. The van der Waals surface area contributed by atoms with E-state index in [4.69, 9.17) is 0 Å². The van der Waals surface area contributed by atoms with Crippen LogP contribution in [0.3, 0.4) is 0 Å². The zero-order valence-corrected chi connectivity index (χ0v) is 14.9. The number of nitrogens with zero attached hydrogens (tertiary/aromatic N) is 2. The molecular weight excluding hydrogens is 296 g/mol. The monoisotopic (exact) mass is 324 g/mol. The van der Waals surface area contributed by atoms with Gasteiger partial charge < -0.3 is 15.1 Å².